The molecule has 0 spiro atoms. The summed E-state index contributed by atoms with van der Waals surface area (Å²) in [5.41, 5.74) is 2.42. The highest BCUT2D eigenvalue weighted by atomic mass is 35.5. The number of benzene rings is 3. The fraction of sp³-hybridized carbons (Fsp3) is 0.321. The third kappa shape index (κ3) is 5.37. The average Bonchev–Trinajstić information content (AvgIpc) is 3.26. The highest BCUT2D eigenvalue weighted by Gasteiger charge is 2.42. The minimum absolute atomic E-state index is 0. The number of hydrogen-bond donors (Lipinski definition) is 3. The number of fused-ring (bicyclic) bond motifs is 2. The van der Waals surface area contributed by atoms with Gasteiger partial charge < -0.3 is 20.9 Å². The van der Waals surface area contributed by atoms with E-state index in [0.29, 0.717) is 12.2 Å². The molecule has 4 rings (SSSR count). The molecule has 1 heterocycles. The monoisotopic (exact) mass is 508 g/mol. The molecule has 0 aliphatic carbocycles. The molecule has 0 bridgehead atoms. The van der Waals surface area contributed by atoms with Gasteiger partial charge in [-0.05, 0) is 42.5 Å². The Bertz CT molecular complexity index is 1260. The molecule has 3 amide bonds. The first-order chi connectivity index (χ1) is 16.8. The van der Waals surface area contributed by atoms with Crippen LogP contribution in [-0.4, -0.2) is 41.8 Å². The fourth-order valence-electron chi connectivity index (χ4n) is 4.51. The summed E-state index contributed by atoms with van der Waals surface area (Å²) >= 11 is 0. The molecule has 7 nitrogen and oxygen atoms in total. The summed E-state index contributed by atoms with van der Waals surface area (Å²) in [4.78, 5) is 41.7. The molecule has 3 atom stereocenters. The van der Waals surface area contributed by atoms with Gasteiger partial charge in [-0.25, -0.2) is 0 Å². The zero-order chi connectivity index (χ0) is 25.1. The van der Waals surface area contributed by atoms with Crippen LogP contribution in [0, 0.1) is 5.92 Å². The van der Waals surface area contributed by atoms with Crippen molar-refractivity contribution in [3.63, 3.8) is 0 Å². The van der Waals surface area contributed by atoms with Crippen LogP contribution in [0.2, 0.25) is 0 Å². The lowest BCUT2D eigenvalue weighted by atomic mass is 10.0. The molecule has 0 aromatic heterocycles. The number of carbonyl (C=O) groups excluding carboxylic acids is 3. The van der Waals surface area contributed by atoms with Crippen molar-refractivity contribution in [1.82, 2.24) is 15.5 Å². The summed E-state index contributed by atoms with van der Waals surface area (Å²) in [6, 6.07) is 19.2. The first-order valence-electron chi connectivity index (χ1n) is 12.0. The normalized spacial score (nSPS) is 16.1. The number of halogens is 1. The second-order valence-electron chi connectivity index (χ2n) is 9.32. The highest BCUT2D eigenvalue weighted by molar-refractivity contribution is 6.05. The smallest absolute Gasteiger partial charge is 0.251 e. The van der Waals surface area contributed by atoms with Crippen LogP contribution in [0.3, 0.4) is 0 Å². The Balaban J connectivity index is 0.00000361. The molecule has 3 aromatic rings. The molecule has 0 unspecified atom stereocenters. The summed E-state index contributed by atoms with van der Waals surface area (Å²) < 4.78 is 0. The van der Waals surface area contributed by atoms with Crippen molar-refractivity contribution >= 4 is 46.6 Å². The lowest BCUT2D eigenvalue weighted by Crippen LogP contribution is -2.55. The number of likely N-dealkylation sites (N-methyl/N-ethyl adjacent to an activating group) is 1. The quantitative estimate of drug-likeness (QED) is 0.449. The highest BCUT2D eigenvalue weighted by Crippen LogP contribution is 2.36. The first-order valence-corrected chi connectivity index (χ1v) is 12.0. The second-order valence-corrected chi connectivity index (χ2v) is 9.32. The van der Waals surface area contributed by atoms with Gasteiger partial charge in [0.1, 0.15) is 12.1 Å². The van der Waals surface area contributed by atoms with Crippen molar-refractivity contribution in [3.05, 3.63) is 77.9 Å². The first kappa shape index (κ1) is 27.2. The van der Waals surface area contributed by atoms with Gasteiger partial charge >= 0.3 is 0 Å². The van der Waals surface area contributed by atoms with Crippen molar-refractivity contribution in [2.24, 2.45) is 5.92 Å². The molecule has 8 heteroatoms. The van der Waals surface area contributed by atoms with E-state index in [1.807, 2.05) is 80.6 Å². The van der Waals surface area contributed by atoms with E-state index >= 15 is 0 Å². The van der Waals surface area contributed by atoms with Crippen molar-refractivity contribution in [1.29, 1.82) is 0 Å². The Morgan fingerprint density at radius 1 is 0.917 bits per heavy atom. The number of rotatable bonds is 7. The third-order valence-corrected chi connectivity index (χ3v) is 6.64. The number of amides is 3. The van der Waals surface area contributed by atoms with Crippen LogP contribution in [0.1, 0.15) is 37.9 Å². The number of nitrogens with zero attached hydrogens (tertiary/aromatic N) is 1. The van der Waals surface area contributed by atoms with Gasteiger partial charge in [0.2, 0.25) is 11.8 Å². The van der Waals surface area contributed by atoms with Crippen LogP contribution in [-0.2, 0) is 20.9 Å². The Labute approximate surface area is 218 Å². The van der Waals surface area contributed by atoms with E-state index in [1.54, 1.807) is 18.9 Å². The van der Waals surface area contributed by atoms with E-state index in [1.165, 1.54) is 0 Å². The molecular weight excluding hydrogens is 476 g/mol. The molecule has 3 N–H and O–H groups in total. The summed E-state index contributed by atoms with van der Waals surface area (Å²) in [6.07, 6.45) is 0. The summed E-state index contributed by atoms with van der Waals surface area (Å²) in [7, 11) is 1.70. The van der Waals surface area contributed by atoms with Crippen molar-refractivity contribution in [2.75, 3.05) is 12.4 Å². The predicted octanol–water partition coefficient (Wildman–Crippen LogP) is 4.03. The lowest BCUT2D eigenvalue weighted by Gasteiger charge is -2.31. The van der Waals surface area contributed by atoms with Crippen LogP contribution in [0.15, 0.2) is 66.7 Å². The molecule has 0 fully saturated rings. The minimum atomic E-state index is -0.794. The molecule has 36 heavy (non-hydrogen) atoms. The molecule has 0 radical (unpaired) electrons. The van der Waals surface area contributed by atoms with E-state index < -0.39 is 18.1 Å². The average molecular weight is 509 g/mol. The molecule has 0 saturated carbocycles. The molecule has 1 aliphatic heterocycles. The fourth-order valence-corrected chi connectivity index (χ4v) is 4.51. The second kappa shape index (κ2) is 11.5. The molecular formula is C28H33ClN4O3. The predicted molar refractivity (Wildman–Crippen MR) is 145 cm³/mol. The Morgan fingerprint density at radius 3 is 2.31 bits per heavy atom. The standard InChI is InChI=1S/C28H32N4O3.ClH/c1-17(2)24(31-26(33)18(3)29-4)28(35)32-16-20-11-6-8-14-22(20)25(32)27(34)30-23-15-9-12-19-10-5-7-13-21(19)23;/h5-15,17-18,24-25,29H,16H2,1-4H3,(H,30,34)(H,31,33);1H/t18-,24-,25-;/m0./s1. The van der Waals surface area contributed by atoms with Gasteiger partial charge in [0, 0.05) is 17.6 Å². The van der Waals surface area contributed by atoms with Crippen LogP contribution in [0.4, 0.5) is 5.69 Å². The van der Waals surface area contributed by atoms with Gasteiger partial charge in [-0.1, -0.05) is 74.5 Å². The molecule has 3 aromatic carbocycles. The van der Waals surface area contributed by atoms with E-state index in [9.17, 15) is 14.4 Å². The largest absolute Gasteiger partial charge is 0.343 e. The van der Waals surface area contributed by atoms with Crippen LogP contribution < -0.4 is 16.0 Å². The van der Waals surface area contributed by atoms with Gasteiger partial charge in [-0.3, -0.25) is 14.4 Å². The summed E-state index contributed by atoms with van der Waals surface area (Å²) in [5, 5.41) is 10.8. The van der Waals surface area contributed by atoms with E-state index in [2.05, 4.69) is 16.0 Å². The van der Waals surface area contributed by atoms with Crippen molar-refractivity contribution in [2.45, 2.75) is 45.4 Å². The van der Waals surface area contributed by atoms with Gasteiger partial charge in [-0.15, -0.1) is 12.4 Å². The topological polar surface area (TPSA) is 90.5 Å². The zero-order valence-corrected chi connectivity index (χ0v) is 21.8. The number of hydrogen-bond acceptors (Lipinski definition) is 4. The summed E-state index contributed by atoms with van der Waals surface area (Å²) in [6.45, 7) is 5.83. The number of anilines is 1. The maximum Gasteiger partial charge on any atom is 0.251 e. The van der Waals surface area contributed by atoms with E-state index in [-0.39, 0.29) is 36.0 Å². The lowest BCUT2D eigenvalue weighted by molar-refractivity contribution is -0.143. The Morgan fingerprint density at radius 2 is 1.58 bits per heavy atom. The van der Waals surface area contributed by atoms with Crippen LogP contribution in [0.5, 0.6) is 0 Å². The zero-order valence-electron chi connectivity index (χ0n) is 20.9. The SMILES string of the molecule is CN[C@@H](C)C(=O)N[C@H](C(=O)N1Cc2ccccc2[C@H]1C(=O)Nc1cccc2ccccc12)C(C)C.Cl. The van der Waals surface area contributed by atoms with Crippen molar-refractivity contribution in [3.8, 4) is 0 Å². The number of nitrogens with one attached hydrogen (secondary N) is 3. The third-order valence-electron chi connectivity index (χ3n) is 6.64. The maximum absolute atomic E-state index is 13.8. The van der Waals surface area contributed by atoms with Crippen molar-refractivity contribution < 1.29 is 14.4 Å². The summed E-state index contributed by atoms with van der Waals surface area (Å²) in [5.74, 6) is -0.961. The number of carbonyl (C=O) groups is 3. The van der Waals surface area contributed by atoms with E-state index in [4.69, 9.17) is 0 Å². The van der Waals surface area contributed by atoms with Crippen LogP contribution >= 0.6 is 12.4 Å². The van der Waals surface area contributed by atoms with Gasteiger partial charge in [0.15, 0.2) is 0 Å². The molecule has 1 aliphatic rings. The molecule has 190 valence electrons. The minimum Gasteiger partial charge on any atom is -0.343 e. The van der Waals surface area contributed by atoms with Gasteiger partial charge in [0.25, 0.3) is 5.91 Å². The molecule has 0 saturated heterocycles. The Kier molecular flexibility index (Phi) is 8.71. The Hall–Kier alpha value is -3.42. The van der Waals surface area contributed by atoms with E-state index in [0.717, 1.165) is 21.9 Å². The maximum atomic E-state index is 13.8. The van der Waals surface area contributed by atoms with Gasteiger partial charge in [0.05, 0.1) is 6.04 Å². The van der Waals surface area contributed by atoms with Gasteiger partial charge in [-0.2, -0.15) is 0 Å². The van der Waals surface area contributed by atoms with Crippen LogP contribution in [0.25, 0.3) is 10.8 Å².